The molecule has 1 aliphatic rings. The summed E-state index contributed by atoms with van der Waals surface area (Å²) in [6.45, 7) is 3.22. The molecule has 12 heteroatoms. The summed E-state index contributed by atoms with van der Waals surface area (Å²) >= 11 is 0. The van der Waals surface area contributed by atoms with E-state index in [0.29, 0.717) is 19.6 Å². The van der Waals surface area contributed by atoms with E-state index in [1.54, 1.807) is 4.90 Å². The van der Waals surface area contributed by atoms with Gasteiger partial charge in [0.15, 0.2) is 0 Å². The number of imide groups is 1. The smallest absolute Gasteiger partial charge is 0.321 e. The standard InChI is InChI=1S/C16H23N5O6S/c1-2-6-17-16(23)18-15(22)12-19-7-9-20(10-8-19)28(26,27)14-5-3-4-13(11-14)21(24)25/h3-5,11H,2,6-10,12H2,1H3,(H2,17,18,22,23). The molecular formula is C16H23N5O6S. The second kappa shape index (κ2) is 9.57. The lowest BCUT2D eigenvalue weighted by molar-refractivity contribution is -0.385. The monoisotopic (exact) mass is 413 g/mol. The molecule has 11 nitrogen and oxygen atoms in total. The third-order valence-corrected chi connectivity index (χ3v) is 6.05. The zero-order valence-corrected chi connectivity index (χ0v) is 16.3. The number of piperazine rings is 1. The van der Waals surface area contributed by atoms with Gasteiger partial charge in [0.05, 0.1) is 16.4 Å². The fraction of sp³-hybridized carbons (Fsp3) is 0.500. The number of non-ortho nitro benzene ring substituents is 1. The van der Waals surface area contributed by atoms with Gasteiger partial charge in [0, 0.05) is 44.9 Å². The molecule has 1 saturated heterocycles. The Morgan fingerprint density at radius 1 is 1.21 bits per heavy atom. The molecule has 0 saturated carbocycles. The van der Waals surface area contributed by atoms with Crippen molar-refractivity contribution < 1.29 is 22.9 Å². The summed E-state index contributed by atoms with van der Waals surface area (Å²) in [6, 6.07) is 4.35. The fourth-order valence-corrected chi connectivity index (χ4v) is 4.15. The molecule has 154 valence electrons. The third-order valence-electron chi connectivity index (χ3n) is 4.15. The van der Waals surface area contributed by atoms with Crippen molar-refractivity contribution in [1.82, 2.24) is 19.8 Å². The first-order valence-corrected chi connectivity index (χ1v) is 10.2. The van der Waals surface area contributed by atoms with Crippen LogP contribution in [0, 0.1) is 10.1 Å². The van der Waals surface area contributed by atoms with Crippen LogP contribution < -0.4 is 10.6 Å². The average molecular weight is 413 g/mol. The first-order chi connectivity index (χ1) is 13.2. The largest absolute Gasteiger partial charge is 0.338 e. The quantitative estimate of drug-likeness (QED) is 0.478. The van der Waals surface area contributed by atoms with Gasteiger partial charge in [-0.1, -0.05) is 13.0 Å². The molecule has 1 fully saturated rings. The maximum Gasteiger partial charge on any atom is 0.321 e. The van der Waals surface area contributed by atoms with E-state index >= 15 is 0 Å². The number of carbonyl (C=O) groups is 2. The number of nitrogens with one attached hydrogen (secondary N) is 2. The van der Waals surface area contributed by atoms with Gasteiger partial charge in [-0.2, -0.15) is 4.31 Å². The Labute approximate surface area is 162 Å². The predicted molar refractivity (Wildman–Crippen MR) is 100 cm³/mol. The molecule has 0 radical (unpaired) electrons. The first kappa shape index (κ1) is 21.7. The predicted octanol–water partition coefficient (Wildman–Crippen LogP) is 0.137. The highest BCUT2D eigenvalue weighted by molar-refractivity contribution is 7.89. The Morgan fingerprint density at radius 2 is 1.89 bits per heavy atom. The van der Waals surface area contributed by atoms with Crippen LogP contribution in [0.4, 0.5) is 10.5 Å². The summed E-state index contributed by atoms with van der Waals surface area (Å²) in [5, 5.41) is 15.6. The lowest BCUT2D eigenvalue weighted by atomic mass is 10.3. The van der Waals surface area contributed by atoms with Crippen LogP contribution in [0.25, 0.3) is 0 Å². The lowest BCUT2D eigenvalue weighted by Crippen LogP contribution is -2.52. The Hall–Kier alpha value is -2.57. The highest BCUT2D eigenvalue weighted by atomic mass is 32.2. The van der Waals surface area contributed by atoms with Gasteiger partial charge < -0.3 is 5.32 Å². The number of hydrogen-bond acceptors (Lipinski definition) is 7. The van der Waals surface area contributed by atoms with Crippen LogP contribution in [0.5, 0.6) is 0 Å². The maximum atomic E-state index is 12.7. The number of benzene rings is 1. The van der Waals surface area contributed by atoms with E-state index in [2.05, 4.69) is 10.6 Å². The lowest BCUT2D eigenvalue weighted by Gasteiger charge is -2.33. The molecule has 28 heavy (non-hydrogen) atoms. The van der Waals surface area contributed by atoms with Gasteiger partial charge in [0.25, 0.3) is 5.69 Å². The first-order valence-electron chi connectivity index (χ1n) is 8.78. The van der Waals surface area contributed by atoms with Gasteiger partial charge in [-0.05, 0) is 12.5 Å². The number of carbonyl (C=O) groups excluding carboxylic acids is 2. The van der Waals surface area contributed by atoms with E-state index in [1.165, 1.54) is 22.5 Å². The molecule has 1 aliphatic heterocycles. The summed E-state index contributed by atoms with van der Waals surface area (Å²) in [6.07, 6.45) is 0.753. The van der Waals surface area contributed by atoms with Crippen LogP contribution in [0.1, 0.15) is 13.3 Å². The van der Waals surface area contributed by atoms with Crippen molar-refractivity contribution in [2.45, 2.75) is 18.2 Å². The average Bonchev–Trinajstić information content (AvgIpc) is 2.66. The van der Waals surface area contributed by atoms with Crippen LogP contribution in [-0.2, 0) is 14.8 Å². The van der Waals surface area contributed by atoms with Crippen LogP contribution in [0.3, 0.4) is 0 Å². The van der Waals surface area contributed by atoms with Crippen LogP contribution in [-0.4, -0.2) is 73.8 Å². The zero-order valence-electron chi connectivity index (χ0n) is 15.5. The van der Waals surface area contributed by atoms with Crippen LogP contribution in [0.15, 0.2) is 29.2 Å². The number of hydrogen-bond donors (Lipinski definition) is 2. The Kier molecular flexibility index (Phi) is 7.43. The number of urea groups is 1. The van der Waals surface area contributed by atoms with Gasteiger partial charge in [-0.15, -0.1) is 0 Å². The Balaban J connectivity index is 1.90. The topological polar surface area (TPSA) is 142 Å². The maximum absolute atomic E-state index is 12.7. The van der Waals surface area contributed by atoms with Crippen molar-refractivity contribution in [3.05, 3.63) is 34.4 Å². The summed E-state index contributed by atoms with van der Waals surface area (Å²) in [5.41, 5.74) is -0.294. The molecule has 2 rings (SSSR count). The molecule has 0 spiro atoms. The molecule has 1 heterocycles. The van der Waals surface area contributed by atoms with Crippen molar-refractivity contribution in [3.63, 3.8) is 0 Å². The molecule has 3 amide bonds. The highest BCUT2D eigenvalue weighted by Crippen LogP contribution is 2.21. The SMILES string of the molecule is CCCNC(=O)NC(=O)CN1CCN(S(=O)(=O)c2cccc([N+](=O)[O-])c2)CC1. The highest BCUT2D eigenvalue weighted by Gasteiger charge is 2.30. The zero-order chi connectivity index (χ0) is 20.7. The minimum Gasteiger partial charge on any atom is -0.338 e. The van der Waals surface area contributed by atoms with Gasteiger partial charge in [0.1, 0.15) is 0 Å². The Bertz CT molecular complexity index is 836. The molecule has 0 unspecified atom stereocenters. The molecule has 0 aliphatic carbocycles. The molecule has 1 aromatic carbocycles. The van der Waals surface area contributed by atoms with E-state index in [1.807, 2.05) is 6.92 Å². The van der Waals surface area contributed by atoms with Crippen molar-refractivity contribution in [2.24, 2.45) is 0 Å². The van der Waals surface area contributed by atoms with Gasteiger partial charge >= 0.3 is 6.03 Å². The van der Waals surface area contributed by atoms with E-state index in [0.717, 1.165) is 12.5 Å². The molecule has 2 N–H and O–H groups in total. The minimum atomic E-state index is -3.86. The number of nitro groups is 1. The summed E-state index contributed by atoms with van der Waals surface area (Å²) in [4.78, 5) is 35.2. The normalized spacial score (nSPS) is 15.8. The van der Waals surface area contributed by atoms with Crippen molar-refractivity contribution >= 4 is 27.6 Å². The minimum absolute atomic E-state index is 0.0236. The van der Waals surface area contributed by atoms with E-state index in [-0.39, 0.29) is 30.2 Å². The second-order valence-electron chi connectivity index (χ2n) is 6.24. The fourth-order valence-electron chi connectivity index (χ4n) is 2.69. The Morgan fingerprint density at radius 3 is 2.50 bits per heavy atom. The number of nitro benzene ring substituents is 1. The molecule has 0 bridgehead atoms. The number of rotatable bonds is 7. The van der Waals surface area contributed by atoms with Gasteiger partial charge in [-0.3, -0.25) is 25.1 Å². The van der Waals surface area contributed by atoms with E-state index in [9.17, 15) is 28.1 Å². The van der Waals surface area contributed by atoms with E-state index in [4.69, 9.17) is 0 Å². The number of sulfonamides is 1. The molecular weight excluding hydrogens is 390 g/mol. The second-order valence-corrected chi connectivity index (χ2v) is 8.18. The molecule has 1 aromatic rings. The van der Waals surface area contributed by atoms with Gasteiger partial charge in [0.2, 0.25) is 15.9 Å². The van der Waals surface area contributed by atoms with Crippen molar-refractivity contribution in [3.8, 4) is 0 Å². The number of amides is 3. The van der Waals surface area contributed by atoms with Crippen molar-refractivity contribution in [2.75, 3.05) is 39.3 Å². The van der Waals surface area contributed by atoms with Crippen LogP contribution in [0.2, 0.25) is 0 Å². The van der Waals surface area contributed by atoms with Gasteiger partial charge in [-0.25, -0.2) is 13.2 Å². The van der Waals surface area contributed by atoms with E-state index < -0.39 is 26.9 Å². The summed E-state index contributed by atoms with van der Waals surface area (Å²) in [7, 11) is -3.86. The summed E-state index contributed by atoms with van der Waals surface area (Å²) in [5.74, 6) is -0.469. The van der Waals surface area contributed by atoms with Crippen molar-refractivity contribution in [1.29, 1.82) is 0 Å². The van der Waals surface area contributed by atoms with Crippen LogP contribution >= 0.6 is 0 Å². The molecule has 0 aromatic heterocycles. The molecule has 0 atom stereocenters. The summed E-state index contributed by atoms with van der Waals surface area (Å²) < 4.78 is 26.6. The number of nitrogens with zero attached hydrogens (tertiary/aromatic N) is 3. The third kappa shape index (κ3) is 5.71.